The van der Waals surface area contributed by atoms with Gasteiger partial charge in [0.05, 0.1) is 7.11 Å². The summed E-state index contributed by atoms with van der Waals surface area (Å²) in [6, 6.07) is 16.3. The molecule has 1 N–H and O–H groups in total. The predicted molar refractivity (Wildman–Crippen MR) is 77.9 cm³/mol. The highest BCUT2D eigenvalue weighted by Gasteiger charge is 1.92. The average Bonchev–Trinajstić information content (AvgIpc) is 2.46. The molecule has 2 nitrogen and oxygen atoms in total. The number of benzene rings is 2. The van der Waals surface area contributed by atoms with Crippen LogP contribution in [0.1, 0.15) is 11.1 Å². The summed E-state index contributed by atoms with van der Waals surface area (Å²) in [5, 5.41) is 3.10. The van der Waals surface area contributed by atoms with E-state index in [-0.39, 0.29) is 0 Å². The maximum Gasteiger partial charge on any atom is 0.119 e. The second-order valence-electron chi connectivity index (χ2n) is 3.98. The molecule has 0 aromatic heterocycles. The maximum absolute atomic E-state index is 5.20. The van der Waals surface area contributed by atoms with Gasteiger partial charge in [-0.3, -0.25) is 0 Å². The number of ether oxygens (including phenoxy) is 1. The normalized spacial score (nSPS) is 10.6. The molecule has 0 aliphatic heterocycles. The Morgan fingerprint density at radius 1 is 0.944 bits per heavy atom. The second-order valence-corrected chi connectivity index (χ2v) is 3.98. The third kappa shape index (κ3) is 3.14. The Bertz CT molecular complexity index is 529. The van der Waals surface area contributed by atoms with Crippen LogP contribution in [0.3, 0.4) is 0 Å². The van der Waals surface area contributed by atoms with E-state index in [0.717, 1.165) is 17.0 Å². The standard InChI is InChI=1S/C16H17NO/c1-17-15-10-8-13(9-11-15)6-7-14-4-3-5-16(12-14)18-2/h3-12,17H,1-2H3/b7-6+. The van der Waals surface area contributed by atoms with Gasteiger partial charge < -0.3 is 10.1 Å². The molecule has 2 rings (SSSR count). The molecular weight excluding hydrogens is 222 g/mol. The summed E-state index contributed by atoms with van der Waals surface area (Å²) in [7, 11) is 3.60. The van der Waals surface area contributed by atoms with Crippen LogP contribution in [0.4, 0.5) is 5.69 Å². The highest BCUT2D eigenvalue weighted by molar-refractivity contribution is 5.70. The molecule has 0 heterocycles. The minimum atomic E-state index is 0.877. The lowest BCUT2D eigenvalue weighted by molar-refractivity contribution is 0.414. The molecule has 0 aliphatic carbocycles. The van der Waals surface area contributed by atoms with Crippen molar-refractivity contribution in [1.29, 1.82) is 0 Å². The summed E-state index contributed by atoms with van der Waals surface area (Å²) in [5.74, 6) is 0.877. The molecule has 0 fully saturated rings. The number of anilines is 1. The second kappa shape index (κ2) is 5.92. The molecule has 0 saturated carbocycles. The molecule has 0 aliphatic rings. The monoisotopic (exact) mass is 239 g/mol. The van der Waals surface area contributed by atoms with Gasteiger partial charge in [0.2, 0.25) is 0 Å². The molecule has 0 amide bonds. The molecule has 18 heavy (non-hydrogen) atoms. The molecule has 0 radical (unpaired) electrons. The van der Waals surface area contributed by atoms with Gasteiger partial charge in [-0.2, -0.15) is 0 Å². The van der Waals surface area contributed by atoms with Crippen LogP contribution in [0.25, 0.3) is 12.2 Å². The Kier molecular flexibility index (Phi) is 4.02. The lowest BCUT2D eigenvalue weighted by Crippen LogP contribution is -1.86. The number of methoxy groups -OCH3 is 1. The van der Waals surface area contributed by atoms with E-state index in [4.69, 9.17) is 4.74 Å². The first-order valence-electron chi connectivity index (χ1n) is 5.92. The molecule has 2 aromatic rings. The topological polar surface area (TPSA) is 21.3 Å². The van der Waals surface area contributed by atoms with Crippen LogP contribution in [0.5, 0.6) is 5.75 Å². The summed E-state index contributed by atoms with van der Waals surface area (Å²) < 4.78 is 5.20. The van der Waals surface area contributed by atoms with Crippen molar-refractivity contribution < 1.29 is 4.74 Å². The first-order valence-corrected chi connectivity index (χ1v) is 5.92. The Balaban J connectivity index is 2.13. The van der Waals surface area contributed by atoms with E-state index in [2.05, 4.69) is 47.8 Å². The summed E-state index contributed by atoms with van der Waals surface area (Å²) in [5.41, 5.74) is 3.43. The van der Waals surface area contributed by atoms with Crippen molar-refractivity contribution in [1.82, 2.24) is 0 Å². The number of rotatable bonds is 4. The first-order chi connectivity index (χ1) is 8.81. The van der Waals surface area contributed by atoms with Gasteiger partial charge >= 0.3 is 0 Å². The van der Waals surface area contributed by atoms with Crippen molar-refractivity contribution in [2.24, 2.45) is 0 Å². The largest absolute Gasteiger partial charge is 0.497 e. The molecule has 0 saturated heterocycles. The lowest BCUT2D eigenvalue weighted by atomic mass is 10.1. The van der Waals surface area contributed by atoms with Gasteiger partial charge in [0.15, 0.2) is 0 Å². The molecule has 0 unspecified atom stereocenters. The fourth-order valence-corrected chi connectivity index (χ4v) is 1.70. The van der Waals surface area contributed by atoms with E-state index in [0.29, 0.717) is 0 Å². The van der Waals surface area contributed by atoms with Crippen LogP contribution in [0.2, 0.25) is 0 Å². The van der Waals surface area contributed by atoms with E-state index < -0.39 is 0 Å². The molecule has 2 heteroatoms. The summed E-state index contributed by atoms with van der Waals surface area (Å²) >= 11 is 0. The Hall–Kier alpha value is -2.22. The Morgan fingerprint density at radius 2 is 1.67 bits per heavy atom. The average molecular weight is 239 g/mol. The number of hydrogen-bond donors (Lipinski definition) is 1. The smallest absolute Gasteiger partial charge is 0.119 e. The molecule has 0 spiro atoms. The van der Waals surface area contributed by atoms with Crippen molar-refractivity contribution in [3.05, 3.63) is 59.7 Å². The zero-order valence-corrected chi connectivity index (χ0v) is 10.7. The van der Waals surface area contributed by atoms with Gasteiger partial charge in [-0.15, -0.1) is 0 Å². The fourth-order valence-electron chi connectivity index (χ4n) is 1.70. The number of hydrogen-bond acceptors (Lipinski definition) is 2. The molecule has 92 valence electrons. The third-order valence-corrected chi connectivity index (χ3v) is 2.76. The predicted octanol–water partition coefficient (Wildman–Crippen LogP) is 3.91. The van der Waals surface area contributed by atoms with Gasteiger partial charge in [-0.1, -0.05) is 36.4 Å². The first kappa shape index (κ1) is 12.2. The molecular formula is C16H17NO. The van der Waals surface area contributed by atoms with E-state index in [1.165, 1.54) is 5.56 Å². The highest BCUT2D eigenvalue weighted by atomic mass is 16.5. The van der Waals surface area contributed by atoms with Crippen molar-refractivity contribution in [2.45, 2.75) is 0 Å². The lowest BCUT2D eigenvalue weighted by Gasteiger charge is -2.01. The van der Waals surface area contributed by atoms with Crippen LogP contribution in [0.15, 0.2) is 48.5 Å². The van der Waals surface area contributed by atoms with Crippen molar-refractivity contribution >= 4 is 17.8 Å². The Labute approximate surface area is 108 Å². The van der Waals surface area contributed by atoms with Crippen molar-refractivity contribution in [2.75, 3.05) is 19.5 Å². The van der Waals surface area contributed by atoms with Crippen LogP contribution < -0.4 is 10.1 Å². The highest BCUT2D eigenvalue weighted by Crippen LogP contribution is 2.16. The van der Waals surface area contributed by atoms with E-state index in [1.54, 1.807) is 7.11 Å². The van der Waals surface area contributed by atoms with Gasteiger partial charge in [0, 0.05) is 12.7 Å². The Morgan fingerprint density at radius 3 is 2.33 bits per heavy atom. The minimum Gasteiger partial charge on any atom is -0.497 e. The van der Waals surface area contributed by atoms with Crippen LogP contribution in [-0.2, 0) is 0 Å². The maximum atomic E-state index is 5.20. The van der Waals surface area contributed by atoms with Gasteiger partial charge in [-0.25, -0.2) is 0 Å². The van der Waals surface area contributed by atoms with Gasteiger partial charge in [-0.05, 0) is 35.4 Å². The summed E-state index contributed by atoms with van der Waals surface area (Å²) in [6.45, 7) is 0. The van der Waals surface area contributed by atoms with E-state index >= 15 is 0 Å². The van der Waals surface area contributed by atoms with Crippen molar-refractivity contribution in [3.8, 4) is 5.75 Å². The SMILES string of the molecule is CNc1ccc(/C=C/c2cccc(OC)c2)cc1. The van der Waals surface area contributed by atoms with Gasteiger partial charge in [0.25, 0.3) is 0 Å². The van der Waals surface area contributed by atoms with E-state index in [1.807, 2.05) is 25.2 Å². The van der Waals surface area contributed by atoms with Crippen molar-refractivity contribution in [3.63, 3.8) is 0 Å². The quantitative estimate of drug-likeness (QED) is 0.817. The number of nitrogens with one attached hydrogen (secondary N) is 1. The molecule has 2 aromatic carbocycles. The molecule has 0 atom stereocenters. The summed E-state index contributed by atoms with van der Waals surface area (Å²) in [6.07, 6.45) is 4.17. The van der Waals surface area contributed by atoms with Crippen LogP contribution in [0, 0.1) is 0 Å². The van der Waals surface area contributed by atoms with Gasteiger partial charge in [0.1, 0.15) is 5.75 Å². The van der Waals surface area contributed by atoms with Crippen LogP contribution in [-0.4, -0.2) is 14.2 Å². The molecule has 0 bridgehead atoms. The third-order valence-electron chi connectivity index (χ3n) is 2.76. The van der Waals surface area contributed by atoms with E-state index in [9.17, 15) is 0 Å². The zero-order chi connectivity index (χ0) is 12.8. The van der Waals surface area contributed by atoms with Crippen LogP contribution >= 0.6 is 0 Å². The zero-order valence-electron chi connectivity index (χ0n) is 10.7. The fraction of sp³-hybridized carbons (Fsp3) is 0.125. The minimum absolute atomic E-state index is 0.877. The summed E-state index contributed by atoms with van der Waals surface area (Å²) in [4.78, 5) is 0.